The highest BCUT2D eigenvalue weighted by Crippen LogP contribution is 2.41. The van der Waals surface area contributed by atoms with Crippen LogP contribution in [0.1, 0.15) is 75.8 Å². The largest absolute Gasteiger partial charge is 0.256 e. The molecule has 1 heterocycles. The fourth-order valence-electron chi connectivity index (χ4n) is 4.66. The molecular weight excluding hydrogens is 326 g/mol. The minimum Gasteiger partial charge on any atom is -0.256 e. The zero-order valence-corrected chi connectivity index (χ0v) is 17.2. The summed E-state index contributed by atoms with van der Waals surface area (Å²) in [7, 11) is 0. The quantitative estimate of drug-likeness (QED) is 0.349. The van der Waals surface area contributed by atoms with E-state index in [0.717, 1.165) is 29.9 Å². The minimum absolute atomic E-state index is 0.736. The Morgan fingerprint density at radius 3 is 2.52 bits per heavy atom. The molecule has 0 N–H and O–H groups in total. The van der Waals surface area contributed by atoms with E-state index in [2.05, 4.69) is 61.8 Å². The third-order valence-corrected chi connectivity index (χ3v) is 6.41. The van der Waals surface area contributed by atoms with Crippen molar-refractivity contribution in [1.29, 1.82) is 0 Å². The summed E-state index contributed by atoms with van der Waals surface area (Å²) in [6, 6.07) is 13.5. The van der Waals surface area contributed by atoms with Gasteiger partial charge in [-0.25, -0.2) is 0 Å². The molecule has 27 heavy (non-hydrogen) atoms. The molecule has 2 aromatic rings. The summed E-state index contributed by atoms with van der Waals surface area (Å²) in [6.07, 6.45) is 14.5. The van der Waals surface area contributed by atoms with Gasteiger partial charge in [0.2, 0.25) is 0 Å². The van der Waals surface area contributed by atoms with Gasteiger partial charge in [0, 0.05) is 11.8 Å². The minimum atomic E-state index is 0.736. The van der Waals surface area contributed by atoms with Crippen LogP contribution in [-0.4, -0.2) is 4.98 Å². The molecule has 1 heteroatoms. The fraction of sp³-hybridized carbons (Fsp3) is 0.500. The molecule has 1 aromatic carbocycles. The number of hydrogen-bond acceptors (Lipinski definition) is 1. The van der Waals surface area contributed by atoms with Crippen molar-refractivity contribution in [3.63, 3.8) is 0 Å². The lowest BCUT2D eigenvalue weighted by atomic mass is 9.71. The normalized spacial score (nSPS) is 22.5. The van der Waals surface area contributed by atoms with Crippen molar-refractivity contribution in [2.24, 2.45) is 11.8 Å². The van der Waals surface area contributed by atoms with E-state index in [0.29, 0.717) is 0 Å². The average Bonchev–Trinajstić information content (AvgIpc) is 2.70. The van der Waals surface area contributed by atoms with Gasteiger partial charge in [-0.1, -0.05) is 75.9 Å². The van der Waals surface area contributed by atoms with Gasteiger partial charge >= 0.3 is 0 Å². The van der Waals surface area contributed by atoms with Crippen LogP contribution in [0.3, 0.4) is 0 Å². The smallest absolute Gasteiger partial charge is 0.0702 e. The van der Waals surface area contributed by atoms with Crippen LogP contribution in [0.2, 0.25) is 0 Å². The van der Waals surface area contributed by atoms with Crippen molar-refractivity contribution in [3.8, 4) is 11.3 Å². The zero-order chi connectivity index (χ0) is 19.1. The number of benzene rings is 1. The number of unbranched alkanes of at least 4 members (excludes halogenated alkanes) is 2. The first kappa shape index (κ1) is 19.9. The highest BCUT2D eigenvalue weighted by molar-refractivity contribution is 5.59. The van der Waals surface area contributed by atoms with Crippen molar-refractivity contribution in [2.45, 2.75) is 71.1 Å². The van der Waals surface area contributed by atoms with E-state index in [1.54, 1.807) is 0 Å². The molecule has 0 spiro atoms. The van der Waals surface area contributed by atoms with Crippen LogP contribution in [0.25, 0.3) is 11.3 Å². The summed E-state index contributed by atoms with van der Waals surface area (Å²) >= 11 is 0. The molecule has 3 atom stereocenters. The van der Waals surface area contributed by atoms with E-state index in [-0.39, 0.29) is 0 Å². The maximum atomic E-state index is 4.62. The van der Waals surface area contributed by atoms with E-state index >= 15 is 0 Å². The van der Waals surface area contributed by atoms with E-state index in [1.165, 1.54) is 61.6 Å². The molecule has 0 unspecified atom stereocenters. The maximum absolute atomic E-state index is 4.62. The summed E-state index contributed by atoms with van der Waals surface area (Å²) in [5, 5.41) is 0. The van der Waals surface area contributed by atoms with Crippen LogP contribution in [0.5, 0.6) is 0 Å². The number of nitrogens with zero attached hydrogens (tertiary/aromatic N) is 1. The lowest BCUT2D eigenvalue weighted by Gasteiger charge is -2.34. The molecule has 0 aliphatic heterocycles. The van der Waals surface area contributed by atoms with Gasteiger partial charge in [0.25, 0.3) is 0 Å². The summed E-state index contributed by atoms with van der Waals surface area (Å²) in [6.45, 7) is 8.57. The second-order valence-corrected chi connectivity index (χ2v) is 8.41. The first-order chi connectivity index (χ1) is 13.2. The maximum Gasteiger partial charge on any atom is 0.0702 e. The van der Waals surface area contributed by atoms with Crippen LogP contribution < -0.4 is 0 Å². The van der Waals surface area contributed by atoms with Crippen molar-refractivity contribution >= 4 is 0 Å². The Hall–Kier alpha value is -1.89. The Morgan fingerprint density at radius 1 is 1.07 bits per heavy atom. The Morgan fingerprint density at radius 2 is 1.89 bits per heavy atom. The van der Waals surface area contributed by atoms with Crippen LogP contribution in [0.4, 0.5) is 0 Å². The molecule has 0 saturated heterocycles. The lowest BCUT2D eigenvalue weighted by Crippen LogP contribution is -2.22. The molecule has 0 amide bonds. The molecule has 1 fully saturated rings. The second-order valence-electron chi connectivity index (χ2n) is 8.41. The molecule has 0 bridgehead atoms. The Bertz CT molecular complexity index is 698. The van der Waals surface area contributed by atoms with Crippen molar-refractivity contribution in [3.05, 3.63) is 66.4 Å². The van der Waals surface area contributed by atoms with E-state index < -0.39 is 0 Å². The topological polar surface area (TPSA) is 12.9 Å². The first-order valence-corrected chi connectivity index (χ1v) is 10.9. The zero-order valence-electron chi connectivity index (χ0n) is 17.2. The van der Waals surface area contributed by atoms with Gasteiger partial charge in [0.1, 0.15) is 0 Å². The Balaban J connectivity index is 1.60. The van der Waals surface area contributed by atoms with Gasteiger partial charge in [-0.2, -0.15) is 0 Å². The molecule has 1 saturated carbocycles. The van der Waals surface area contributed by atoms with E-state index in [1.807, 2.05) is 12.3 Å². The van der Waals surface area contributed by atoms with Crippen LogP contribution in [0, 0.1) is 11.8 Å². The molecule has 1 aliphatic rings. The highest BCUT2D eigenvalue weighted by atomic mass is 14.7. The van der Waals surface area contributed by atoms with Gasteiger partial charge in [0.15, 0.2) is 0 Å². The second kappa shape index (κ2) is 9.88. The van der Waals surface area contributed by atoms with E-state index in [9.17, 15) is 0 Å². The predicted molar refractivity (Wildman–Crippen MR) is 117 cm³/mol. The van der Waals surface area contributed by atoms with Gasteiger partial charge < -0.3 is 0 Å². The lowest BCUT2D eigenvalue weighted by molar-refractivity contribution is 0.215. The standard InChI is InChI=1S/C26H35N/c1-4-6-7-9-22-11-16-25(18-20(22)3)23-12-14-24(15-13-23)26-17-10-21(8-5-2)19-27-26/h5,10,12-15,17,19-20,22,25H,2,4,6-9,11,16,18H2,1,3H3/t20-,22+,25+/m0/s1. The number of aromatic nitrogens is 1. The molecule has 1 nitrogen and oxygen atoms in total. The number of pyridine rings is 1. The molecule has 144 valence electrons. The Labute approximate surface area is 165 Å². The molecular formula is C26H35N. The molecule has 1 aromatic heterocycles. The predicted octanol–water partition coefficient (Wildman–Crippen LogP) is 7.58. The third-order valence-electron chi connectivity index (χ3n) is 6.41. The monoisotopic (exact) mass is 361 g/mol. The average molecular weight is 362 g/mol. The number of rotatable bonds is 8. The number of hydrogen-bond donors (Lipinski definition) is 0. The van der Waals surface area contributed by atoms with Crippen molar-refractivity contribution < 1.29 is 0 Å². The fourth-order valence-corrected chi connectivity index (χ4v) is 4.66. The van der Waals surface area contributed by atoms with Crippen LogP contribution in [-0.2, 0) is 6.42 Å². The highest BCUT2D eigenvalue weighted by Gasteiger charge is 2.27. The van der Waals surface area contributed by atoms with Gasteiger partial charge in [-0.15, -0.1) is 6.58 Å². The van der Waals surface area contributed by atoms with E-state index in [4.69, 9.17) is 0 Å². The van der Waals surface area contributed by atoms with Crippen LogP contribution in [0.15, 0.2) is 55.3 Å². The third kappa shape index (κ3) is 5.31. The summed E-state index contributed by atoms with van der Waals surface area (Å²) < 4.78 is 0. The first-order valence-electron chi connectivity index (χ1n) is 10.9. The summed E-state index contributed by atoms with van der Waals surface area (Å²) in [5.41, 5.74) is 5.00. The Kier molecular flexibility index (Phi) is 7.26. The van der Waals surface area contributed by atoms with Gasteiger partial charge in [0.05, 0.1) is 5.69 Å². The summed E-state index contributed by atoms with van der Waals surface area (Å²) in [5.74, 6) is 2.55. The molecule has 3 rings (SSSR count). The van der Waals surface area contributed by atoms with Crippen molar-refractivity contribution in [1.82, 2.24) is 4.98 Å². The molecule has 0 radical (unpaired) electrons. The summed E-state index contributed by atoms with van der Waals surface area (Å²) in [4.78, 5) is 4.62. The molecule has 1 aliphatic carbocycles. The van der Waals surface area contributed by atoms with Crippen LogP contribution >= 0.6 is 0 Å². The van der Waals surface area contributed by atoms with Gasteiger partial charge in [-0.3, -0.25) is 4.98 Å². The van der Waals surface area contributed by atoms with Crippen molar-refractivity contribution in [2.75, 3.05) is 0 Å². The SMILES string of the molecule is C=CCc1ccc(-c2ccc([C@@H]3CC[C@@H](CCCCC)[C@@H](C)C3)cc2)nc1. The number of allylic oxidation sites excluding steroid dienone is 1. The van der Waals surface area contributed by atoms with Gasteiger partial charge in [-0.05, 0) is 60.6 Å².